The highest BCUT2D eigenvalue weighted by Gasteiger charge is 2.18. The minimum Gasteiger partial charge on any atom is -0.444 e. The van der Waals surface area contributed by atoms with Crippen molar-refractivity contribution in [3.8, 4) is 0 Å². The van der Waals surface area contributed by atoms with E-state index in [0.29, 0.717) is 22.8 Å². The summed E-state index contributed by atoms with van der Waals surface area (Å²) in [6, 6.07) is 0. The average Bonchev–Trinajstić information content (AvgIpc) is 2.56. The molecular formula is C11H15N5O2. The summed E-state index contributed by atoms with van der Waals surface area (Å²) in [6.45, 7) is 7.19. The fraction of sp³-hybridized carbons (Fsp3) is 0.455. The van der Waals surface area contributed by atoms with Gasteiger partial charge in [0.2, 0.25) is 0 Å². The number of aromatic amines is 1. The van der Waals surface area contributed by atoms with E-state index in [2.05, 4.69) is 25.3 Å². The van der Waals surface area contributed by atoms with Gasteiger partial charge in [-0.25, -0.2) is 19.7 Å². The van der Waals surface area contributed by atoms with Crippen LogP contribution in [0, 0.1) is 6.92 Å². The van der Waals surface area contributed by atoms with Crippen molar-refractivity contribution in [2.45, 2.75) is 33.3 Å². The number of fused-ring (bicyclic) bond motifs is 1. The summed E-state index contributed by atoms with van der Waals surface area (Å²) in [6.07, 6.45) is 0.782. The summed E-state index contributed by atoms with van der Waals surface area (Å²) < 4.78 is 5.15. The predicted octanol–water partition coefficient (Wildman–Crippen LogP) is 2.01. The van der Waals surface area contributed by atoms with Crippen LogP contribution in [0.3, 0.4) is 0 Å². The van der Waals surface area contributed by atoms with Gasteiger partial charge < -0.3 is 9.72 Å². The van der Waals surface area contributed by atoms with Crippen LogP contribution in [-0.4, -0.2) is 31.6 Å². The highest BCUT2D eigenvalue weighted by Crippen LogP contribution is 2.17. The molecule has 0 spiro atoms. The van der Waals surface area contributed by atoms with E-state index in [1.807, 2.05) is 0 Å². The number of amides is 1. The van der Waals surface area contributed by atoms with Gasteiger partial charge in [-0.2, -0.15) is 0 Å². The van der Waals surface area contributed by atoms with E-state index in [-0.39, 0.29) is 0 Å². The Hall–Kier alpha value is -2.18. The summed E-state index contributed by atoms with van der Waals surface area (Å²) in [5.74, 6) is 1.06. The molecule has 0 aliphatic carbocycles. The van der Waals surface area contributed by atoms with Gasteiger partial charge in [0.05, 0.1) is 0 Å². The SMILES string of the molecule is Cc1nc2ncnc(NC(=O)OC(C)(C)C)c2[nH]1. The molecule has 1 amide bonds. The second-order valence-corrected chi connectivity index (χ2v) is 4.87. The Morgan fingerprint density at radius 1 is 1.39 bits per heavy atom. The maximum absolute atomic E-state index is 11.7. The lowest BCUT2D eigenvalue weighted by atomic mass is 10.2. The molecule has 18 heavy (non-hydrogen) atoms. The molecule has 0 fully saturated rings. The third-order valence-electron chi connectivity index (χ3n) is 2.03. The van der Waals surface area contributed by atoms with Crippen LogP contribution >= 0.6 is 0 Å². The van der Waals surface area contributed by atoms with Gasteiger partial charge in [0.1, 0.15) is 23.3 Å². The molecule has 0 atom stereocenters. The molecule has 2 N–H and O–H groups in total. The standard InChI is InChI=1S/C11H15N5O2/c1-6-14-7-8(15-6)12-5-13-9(7)16-10(17)18-11(2,3)4/h5H,1-4H3,(H2,12,13,14,15,16,17). The first-order valence-corrected chi connectivity index (χ1v) is 5.52. The average molecular weight is 249 g/mol. The lowest BCUT2D eigenvalue weighted by Gasteiger charge is -2.19. The van der Waals surface area contributed by atoms with Crippen LogP contribution in [0.5, 0.6) is 0 Å². The Morgan fingerprint density at radius 3 is 2.78 bits per heavy atom. The van der Waals surface area contributed by atoms with E-state index in [9.17, 15) is 4.79 Å². The van der Waals surface area contributed by atoms with Crippen molar-refractivity contribution >= 4 is 23.1 Å². The molecule has 0 bridgehead atoms. The molecule has 0 saturated carbocycles. The van der Waals surface area contributed by atoms with Gasteiger partial charge in [0.15, 0.2) is 11.5 Å². The number of hydrogen-bond donors (Lipinski definition) is 2. The molecule has 0 saturated heterocycles. The number of H-pyrrole nitrogens is 1. The summed E-state index contributed by atoms with van der Waals surface area (Å²) in [4.78, 5) is 26.8. The molecule has 7 heteroatoms. The summed E-state index contributed by atoms with van der Waals surface area (Å²) in [5, 5.41) is 2.57. The number of aryl methyl sites for hydroxylation is 1. The Labute approximate surface area is 104 Å². The number of rotatable bonds is 1. The van der Waals surface area contributed by atoms with Crippen molar-refractivity contribution in [1.29, 1.82) is 0 Å². The smallest absolute Gasteiger partial charge is 0.413 e. The number of carbonyl (C=O) groups excluding carboxylic acids is 1. The first kappa shape index (κ1) is 12.3. The lowest BCUT2D eigenvalue weighted by Crippen LogP contribution is -2.27. The van der Waals surface area contributed by atoms with Crippen LogP contribution in [0.2, 0.25) is 0 Å². The van der Waals surface area contributed by atoms with Crippen molar-refractivity contribution in [2.75, 3.05) is 5.32 Å². The van der Waals surface area contributed by atoms with Gasteiger partial charge in [-0.05, 0) is 27.7 Å². The normalized spacial score (nSPS) is 11.6. The number of carbonyl (C=O) groups is 1. The van der Waals surface area contributed by atoms with Crippen molar-refractivity contribution in [3.05, 3.63) is 12.2 Å². The quantitative estimate of drug-likeness (QED) is 0.806. The number of hydrogen-bond acceptors (Lipinski definition) is 5. The Morgan fingerprint density at radius 2 is 2.11 bits per heavy atom. The van der Waals surface area contributed by atoms with Crippen molar-refractivity contribution < 1.29 is 9.53 Å². The molecule has 0 radical (unpaired) electrons. The number of aromatic nitrogens is 4. The predicted molar refractivity (Wildman–Crippen MR) is 66.3 cm³/mol. The molecule has 2 heterocycles. The largest absolute Gasteiger partial charge is 0.444 e. The van der Waals surface area contributed by atoms with Crippen molar-refractivity contribution in [2.24, 2.45) is 0 Å². The maximum Gasteiger partial charge on any atom is 0.413 e. The zero-order valence-corrected chi connectivity index (χ0v) is 10.7. The third-order valence-corrected chi connectivity index (χ3v) is 2.03. The van der Waals surface area contributed by atoms with Crippen molar-refractivity contribution in [3.63, 3.8) is 0 Å². The molecule has 0 aliphatic rings. The number of anilines is 1. The first-order valence-electron chi connectivity index (χ1n) is 5.52. The van der Waals surface area contributed by atoms with Crippen molar-refractivity contribution in [1.82, 2.24) is 19.9 Å². The highest BCUT2D eigenvalue weighted by atomic mass is 16.6. The molecule has 2 aromatic rings. The Kier molecular flexibility index (Phi) is 2.90. The van der Waals surface area contributed by atoms with E-state index in [1.54, 1.807) is 27.7 Å². The zero-order chi connectivity index (χ0) is 13.3. The molecule has 0 unspecified atom stereocenters. The van der Waals surface area contributed by atoms with Crippen LogP contribution in [0.4, 0.5) is 10.6 Å². The van der Waals surface area contributed by atoms with Crippen LogP contribution in [0.1, 0.15) is 26.6 Å². The zero-order valence-electron chi connectivity index (χ0n) is 10.7. The second kappa shape index (κ2) is 4.25. The molecule has 7 nitrogen and oxygen atoms in total. The number of nitrogens with one attached hydrogen (secondary N) is 2. The minimum absolute atomic E-state index is 0.356. The summed E-state index contributed by atoms with van der Waals surface area (Å²) in [5.41, 5.74) is 0.537. The van der Waals surface area contributed by atoms with Gasteiger partial charge in [-0.1, -0.05) is 0 Å². The fourth-order valence-electron chi connectivity index (χ4n) is 1.44. The van der Waals surface area contributed by atoms with Crippen LogP contribution in [0.15, 0.2) is 6.33 Å². The van der Waals surface area contributed by atoms with E-state index in [4.69, 9.17) is 4.74 Å². The number of imidazole rings is 1. The maximum atomic E-state index is 11.7. The highest BCUT2D eigenvalue weighted by molar-refractivity contribution is 5.93. The van der Waals surface area contributed by atoms with E-state index < -0.39 is 11.7 Å². The minimum atomic E-state index is -0.560. The Bertz CT molecular complexity index is 585. The van der Waals surface area contributed by atoms with Gasteiger partial charge in [0.25, 0.3) is 0 Å². The van der Waals surface area contributed by atoms with Crippen LogP contribution in [-0.2, 0) is 4.74 Å². The molecule has 2 rings (SSSR count). The van der Waals surface area contributed by atoms with Gasteiger partial charge in [-0.3, -0.25) is 5.32 Å². The van der Waals surface area contributed by atoms with Crippen LogP contribution < -0.4 is 5.32 Å². The van der Waals surface area contributed by atoms with E-state index in [0.717, 1.165) is 0 Å². The summed E-state index contributed by atoms with van der Waals surface area (Å²) in [7, 11) is 0. The van der Waals surface area contributed by atoms with E-state index >= 15 is 0 Å². The second-order valence-electron chi connectivity index (χ2n) is 4.87. The van der Waals surface area contributed by atoms with Gasteiger partial charge >= 0.3 is 6.09 Å². The summed E-state index contributed by atoms with van der Waals surface area (Å²) >= 11 is 0. The fourth-order valence-corrected chi connectivity index (χ4v) is 1.44. The number of nitrogens with zero attached hydrogens (tertiary/aromatic N) is 3. The Balaban J connectivity index is 2.24. The first-order chi connectivity index (χ1) is 8.35. The lowest BCUT2D eigenvalue weighted by molar-refractivity contribution is 0.0635. The van der Waals surface area contributed by atoms with Gasteiger partial charge in [0, 0.05) is 0 Å². The monoisotopic (exact) mass is 249 g/mol. The molecular weight excluding hydrogens is 234 g/mol. The number of ether oxygens (including phenoxy) is 1. The van der Waals surface area contributed by atoms with Gasteiger partial charge in [-0.15, -0.1) is 0 Å². The topological polar surface area (TPSA) is 92.8 Å². The van der Waals surface area contributed by atoms with Crippen LogP contribution in [0.25, 0.3) is 11.2 Å². The molecule has 0 aromatic carbocycles. The third kappa shape index (κ3) is 2.73. The van der Waals surface area contributed by atoms with E-state index in [1.165, 1.54) is 6.33 Å². The molecule has 2 aromatic heterocycles. The molecule has 96 valence electrons. The molecule has 0 aliphatic heterocycles.